The lowest BCUT2D eigenvalue weighted by atomic mass is 10.1. The Morgan fingerprint density at radius 1 is 1.25 bits per heavy atom. The van der Waals surface area contributed by atoms with Gasteiger partial charge in [-0.3, -0.25) is 4.79 Å². The smallest absolute Gasteiger partial charge is 0.310 e. The van der Waals surface area contributed by atoms with Crippen LogP contribution >= 0.6 is 11.6 Å². The highest BCUT2D eigenvalue weighted by Gasteiger charge is 2.18. The molecule has 24 heavy (non-hydrogen) atoms. The first-order valence-electron chi connectivity index (χ1n) is 7.50. The van der Waals surface area contributed by atoms with Gasteiger partial charge in [-0.15, -0.1) is 0 Å². The van der Waals surface area contributed by atoms with Crippen LogP contribution in [0.4, 0.5) is 11.5 Å². The first-order valence-corrected chi connectivity index (χ1v) is 7.88. The van der Waals surface area contributed by atoms with Crippen LogP contribution in [0.25, 0.3) is 0 Å². The second kappa shape index (κ2) is 7.97. The molecular weight excluding hydrogens is 328 g/mol. The van der Waals surface area contributed by atoms with Crippen LogP contribution < -0.4 is 10.2 Å². The number of aromatic nitrogens is 2. The highest BCUT2D eigenvalue weighted by molar-refractivity contribution is 6.30. The second-order valence-electron chi connectivity index (χ2n) is 5.50. The van der Waals surface area contributed by atoms with Gasteiger partial charge >= 0.3 is 5.97 Å². The van der Waals surface area contributed by atoms with Crippen molar-refractivity contribution in [3.63, 3.8) is 0 Å². The maximum Gasteiger partial charge on any atom is 0.310 e. The van der Waals surface area contributed by atoms with Crippen LogP contribution in [0.5, 0.6) is 0 Å². The molecule has 0 saturated heterocycles. The van der Waals surface area contributed by atoms with Gasteiger partial charge in [0, 0.05) is 38.8 Å². The Bertz CT molecular complexity index is 717. The van der Waals surface area contributed by atoms with Crippen LogP contribution in [0.2, 0.25) is 5.15 Å². The van der Waals surface area contributed by atoms with Crippen molar-refractivity contribution >= 4 is 29.1 Å². The lowest BCUT2D eigenvalue weighted by Crippen LogP contribution is -2.18. The number of anilines is 2. The number of carbonyl (C=O) groups is 1. The van der Waals surface area contributed by atoms with E-state index in [1.54, 1.807) is 0 Å². The van der Waals surface area contributed by atoms with E-state index in [2.05, 4.69) is 15.3 Å². The summed E-state index contributed by atoms with van der Waals surface area (Å²) in [4.78, 5) is 22.3. The van der Waals surface area contributed by atoms with Crippen molar-refractivity contribution in [3.8, 4) is 0 Å². The summed E-state index contributed by atoms with van der Waals surface area (Å²) in [6.45, 7) is 0. The minimum Gasteiger partial charge on any atom is -0.469 e. The summed E-state index contributed by atoms with van der Waals surface area (Å²) in [6.07, 6.45) is 0.600. The van der Waals surface area contributed by atoms with Gasteiger partial charge in [0.1, 0.15) is 16.8 Å². The Hall–Kier alpha value is -2.34. The molecule has 1 N–H and O–H groups in total. The summed E-state index contributed by atoms with van der Waals surface area (Å²) in [7, 11) is 6.92. The van der Waals surface area contributed by atoms with Crippen molar-refractivity contribution in [2.75, 3.05) is 38.5 Å². The van der Waals surface area contributed by atoms with Gasteiger partial charge < -0.3 is 15.0 Å². The summed E-state index contributed by atoms with van der Waals surface area (Å²) >= 11 is 6.30. The van der Waals surface area contributed by atoms with Crippen LogP contribution in [-0.4, -0.2) is 44.2 Å². The van der Waals surface area contributed by atoms with Crippen LogP contribution in [-0.2, 0) is 22.4 Å². The van der Waals surface area contributed by atoms with E-state index in [9.17, 15) is 4.79 Å². The van der Waals surface area contributed by atoms with E-state index >= 15 is 0 Å². The molecule has 0 radical (unpaired) electrons. The number of halogens is 1. The van der Waals surface area contributed by atoms with Gasteiger partial charge in [-0.2, -0.15) is 0 Å². The standard InChI is InChI=1S/C17H21ClN4O2/c1-19-12-7-5-11(6-8-12)9-14-20-16(18)13(10-15(23)24-4)17(21-14)22(2)3/h5-8,19H,9-10H2,1-4H3. The Morgan fingerprint density at radius 2 is 1.92 bits per heavy atom. The van der Waals surface area contributed by atoms with Crippen LogP contribution in [0.1, 0.15) is 17.0 Å². The summed E-state index contributed by atoms with van der Waals surface area (Å²) in [5.74, 6) is 0.857. The monoisotopic (exact) mass is 348 g/mol. The van der Waals surface area contributed by atoms with Gasteiger partial charge in [0.05, 0.1) is 13.5 Å². The normalized spacial score (nSPS) is 10.4. The van der Waals surface area contributed by atoms with Crippen LogP contribution in [0.15, 0.2) is 24.3 Å². The van der Waals surface area contributed by atoms with Crippen molar-refractivity contribution in [3.05, 3.63) is 46.4 Å². The summed E-state index contributed by atoms with van der Waals surface area (Å²) < 4.78 is 4.71. The lowest BCUT2D eigenvalue weighted by molar-refractivity contribution is -0.139. The van der Waals surface area contributed by atoms with Gasteiger partial charge in [0.2, 0.25) is 0 Å². The molecule has 6 nitrogen and oxygen atoms in total. The van der Waals surface area contributed by atoms with E-state index in [0.29, 0.717) is 23.6 Å². The number of hydrogen-bond donors (Lipinski definition) is 1. The molecule has 0 saturated carbocycles. The first-order chi connectivity index (χ1) is 11.4. The molecule has 2 rings (SSSR count). The molecule has 0 aliphatic heterocycles. The topological polar surface area (TPSA) is 67.3 Å². The number of ether oxygens (including phenoxy) is 1. The highest BCUT2D eigenvalue weighted by Crippen LogP contribution is 2.25. The van der Waals surface area contributed by atoms with Crippen molar-refractivity contribution < 1.29 is 9.53 Å². The minimum atomic E-state index is -0.376. The average Bonchev–Trinajstić information content (AvgIpc) is 2.57. The third-order valence-corrected chi connectivity index (χ3v) is 3.87. The predicted octanol–water partition coefficient (Wildman–Crippen LogP) is 2.54. The molecule has 0 bridgehead atoms. The number of hydrogen-bond acceptors (Lipinski definition) is 6. The predicted molar refractivity (Wildman–Crippen MR) is 95.9 cm³/mol. The van der Waals surface area contributed by atoms with Gasteiger partial charge in [0.15, 0.2) is 0 Å². The molecule has 0 unspecified atom stereocenters. The zero-order valence-electron chi connectivity index (χ0n) is 14.3. The third-order valence-electron chi connectivity index (χ3n) is 3.56. The number of carbonyl (C=O) groups excluding carboxylic acids is 1. The maximum absolute atomic E-state index is 11.6. The molecule has 0 aliphatic carbocycles. The van der Waals surface area contributed by atoms with E-state index < -0.39 is 0 Å². The molecule has 1 aromatic carbocycles. The fourth-order valence-corrected chi connectivity index (χ4v) is 2.53. The van der Waals surface area contributed by atoms with Gasteiger partial charge in [-0.25, -0.2) is 9.97 Å². The van der Waals surface area contributed by atoms with Crippen LogP contribution in [0, 0.1) is 0 Å². The Kier molecular flexibility index (Phi) is 5.98. The number of esters is 1. The zero-order valence-corrected chi connectivity index (χ0v) is 15.0. The number of rotatable bonds is 6. The molecule has 1 aromatic heterocycles. The fourth-order valence-electron chi connectivity index (χ4n) is 2.28. The summed E-state index contributed by atoms with van der Waals surface area (Å²) in [6, 6.07) is 8.02. The minimum absolute atomic E-state index is 0.0417. The average molecular weight is 349 g/mol. The quantitative estimate of drug-likeness (QED) is 0.639. The molecule has 0 atom stereocenters. The third kappa shape index (κ3) is 4.35. The van der Waals surface area contributed by atoms with E-state index in [4.69, 9.17) is 16.3 Å². The van der Waals surface area contributed by atoms with E-state index in [1.165, 1.54) is 7.11 Å². The summed E-state index contributed by atoms with van der Waals surface area (Å²) in [5, 5.41) is 3.36. The van der Waals surface area contributed by atoms with Gasteiger partial charge in [-0.1, -0.05) is 23.7 Å². The zero-order chi connectivity index (χ0) is 17.7. The first kappa shape index (κ1) is 18.0. The Morgan fingerprint density at radius 3 is 2.46 bits per heavy atom. The van der Waals surface area contributed by atoms with E-state index in [1.807, 2.05) is 50.3 Å². The molecule has 0 spiro atoms. The van der Waals surface area contributed by atoms with E-state index in [-0.39, 0.29) is 17.5 Å². The Labute approximate surface area is 146 Å². The number of methoxy groups -OCH3 is 1. The lowest BCUT2D eigenvalue weighted by Gasteiger charge is -2.18. The van der Waals surface area contributed by atoms with Crippen molar-refractivity contribution in [1.82, 2.24) is 9.97 Å². The molecule has 2 aromatic rings. The number of nitrogens with zero attached hydrogens (tertiary/aromatic N) is 3. The number of benzene rings is 1. The van der Waals surface area contributed by atoms with Crippen molar-refractivity contribution in [2.45, 2.75) is 12.8 Å². The van der Waals surface area contributed by atoms with Crippen molar-refractivity contribution in [1.29, 1.82) is 0 Å². The molecule has 0 amide bonds. The molecule has 0 aliphatic rings. The van der Waals surface area contributed by atoms with Gasteiger partial charge in [-0.05, 0) is 17.7 Å². The SMILES string of the molecule is CNc1ccc(Cc2nc(Cl)c(CC(=O)OC)c(N(C)C)n2)cc1. The van der Waals surface area contributed by atoms with Crippen molar-refractivity contribution in [2.24, 2.45) is 0 Å². The highest BCUT2D eigenvalue weighted by atomic mass is 35.5. The number of nitrogens with one attached hydrogen (secondary N) is 1. The largest absolute Gasteiger partial charge is 0.469 e. The summed E-state index contributed by atoms with van der Waals surface area (Å²) in [5.41, 5.74) is 2.69. The molecule has 1 heterocycles. The van der Waals surface area contributed by atoms with Crippen LogP contribution in [0.3, 0.4) is 0 Å². The maximum atomic E-state index is 11.6. The molecule has 7 heteroatoms. The van der Waals surface area contributed by atoms with E-state index in [0.717, 1.165) is 11.3 Å². The molecular formula is C17H21ClN4O2. The molecule has 128 valence electrons. The van der Waals surface area contributed by atoms with Gasteiger partial charge in [0.25, 0.3) is 0 Å². The Balaban J connectivity index is 2.32. The second-order valence-corrected chi connectivity index (χ2v) is 5.86. The molecule has 0 fully saturated rings. The fraction of sp³-hybridized carbons (Fsp3) is 0.353.